The molecular weight excluding hydrogens is 719 g/mol. The topological polar surface area (TPSA) is 149 Å². The fourth-order valence-electron chi connectivity index (χ4n) is 5.63. The number of hydrogen-bond donors (Lipinski definition) is 3. The number of aliphatic hydroxyl groups is 2. The summed E-state index contributed by atoms with van der Waals surface area (Å²) in [5.74, 6) is -0.990. The summed E-state index contributed by atoms with van der Waals surface area (Å²) in [5, 5.41) is 18.3. The molecule has 320 valence electrons. The van der Waals surface area contributed by atoms with Crippen LogP contribution < -0.4 is 0 Å². The zero-order valence-electron chi connectivity index (χ0n) is 34.6. The van der Waals surface area contributed by atoms with Crippen LogP contribution in [0.1, 0.15) is 181 Å². The van der Waals surface area contributed by atoms with Gasteiger partial charge in [-0.25, -0.2) is 4.57 Å². The second kappa shape index (κ2) is 40.1. The number of ether oxygens (including phenoxy) is 2. The van der Waals surface area contributed by atoms with Gasteiger partial charge in [-0.3, -0.25) is 18.6 Å². The van der Waals surface area contributed by atoms with Gasteiger partial charge in [0.05, 0.1) is 19.8 Å². The van der Waals surface area contributed by atoms with Gasteiger partial charge in [0, 0.05) is 12.8 Å². The first-order valence-corrected chi connectivity index (χ1v) is 23.1. The van der Waals surface area contributed by atoms with E-state index < -0.39 is 51.8 Å². The van der Waals surface area contributed by atoms with Crippen molar-refractivity contribution in [3.05, 3.63) is 48.6 Å². The number of rotatable bonds is 40. The largest absolute Gasteiger partial charge is 0.472 e. The van der Waals surface area contributed by atoms with E-state index >= 15 is 0 Å². The second-order valence-corrected chi connectivity index (χ2v) is 15.8. The summed E-state index contributed by atoms with van der Waals surface area (Å²) in [5.41, 5.74) is 0. The van der Waals surface area contributed by atoms with Gasteiger partial charge in [0.25, 0.3) is 0 Å². The van der Waals surface area contributed by atoms with Gasteiger partial charge < -0.3 is 24.6 Å². The monoisotopic (exact) mass is 799 g/mol. The van der Waals surface area contributed by atoms with E-state index in [1.54, 1.807) is 0 Å². The van der Waals surface area contributed by atoms with Crippen molar-refractivity contribution in [2.75, 3.05) is 26.4 Å². The number of phosphoric acid groups is 1. The Balaban J connectivity index is 4.35. The predicted octanol–water partition coefficient (Wildman–Crippen LogP) is 11.3. The molecule has 0 saturated carbocycles. The predicted molar refractivity (Wildman–Crippen MR) is 224 cm³/mol. The molecular formula is C44H79O10P. The minimum Gasteiger partial charge on any atom is -0.462 e. The Bertz CT molecular complexity index is 1060. The van der Waals surface area contributed by atoms with E-state index in [4.69, 9.17) is 19.1 Å². The molecule has 0 aromatic carbocycles. The van der Waals surface area contributed by atoms with Gasteiger partial charge in [0.1, 0.15) is 12.7 Å². The maximum Gasteiger partial charge on any atom is 0.472 e. The van der Waals surface area contributed by atoms with Gasteiger partial charge >= 0.3 is 19.8 Å². The molecule has 10 nitrogen and oxygen atoms in total. The molecule has 55 heavy (non-hydrogen) atoms. The van der Waals surface area contributed by atoms with E-state index in [0.717, 1.165) is 38.5 Å². The van der Waals surface area contributed by atoms with Crippen LogP contribution in [0.5, 0.6) is 0 Å². The third-order valence-electron chi connectivity index (χ3n) is 8.99. The van der Waals surface area contributed by atoms with Crippen LogP contribution in [0.3, 0.4) is 0 Å². The van der Waals surface area contributed by atoms with Crippen LogP contribution in [0.2, 0.25) is 0 Å². The van der Waals surface area contributed by atoms with Crippen LogP contribution in [-0.2, 0) is 32.7 Å². The third-order valence-corrected chi connectivity index (χ3v) is 9.94. The Labute approximate surface area is 334 Å². The first-order valence-electron chi connectivity index (χ1n) is 21.6. The Kier molecular flexibility index (Phi) is 38.6. The summed E-state index contributed by atoms with van der Waals surface area (Å²) in [6, 6.07) is 0. The van der Waals surface area contributed by atoms with Gasteiger partial charge in [-0.15, -0.1) is 0 Å². The molecule has 0 aromatic rings. The Morgan fingerprint density at radius 1 is 0.545 bits per heavy atom. The van der Waals surface area contributed by atoms with Crippen LogP contribution in [0.4, 0.5) is 0 Å². The molecule has 0 amide bonds. The molecule has 0 fully saturated rings. The minimum atomic E-state index is -4.62. The average molecular weight is 799 g/mol. The summed E-state index contributed by atoms with van der Waals surface area (Å²) in [6.45, 7) is 2.30. The minimum absolute atomic E-state index is 0.166. The molecule has 0 aromatic heterocycles. The van der Waals surface area contributed by atoms with Gasteiger partial charge in [0.2, 0.25) is 0 Å². The lowest BCUT2D eigenvalue weighted by atomic mass is 10.1. The fourth-order valence-corrected chi connectivity index (χ4v) is 6.42. The summed E-state index contributed by atoms with van der Waals surface area (Å²) >= 11 is 0. The van der Waals surface area contributed by atoms with Crippen molar-refractivity contribution in [1.29, 1.82) is 0 Å². The highest BCUT2D eigenvalue weighted by Crippen LogP contribution is 2.43. The number of esters is 2. The maximum absolute atomic E-state index is 12.6. The van der Waals surface area contributed by atoms with Gasteiger partial charge in [-0.1, -0.05) is 165 Å². The van der Waals surface area contributed by atoms with Crippen molar-refractivity contribution in [2.45, 2.75) is 193 Å². The summed E-state index contributed by atoms with van der Waals surface area (Å²) in [4.78, 5) is 34.9. The number of allylic oxidation sites excluding steroid dienone is 8. The number of carbonyl (C=O) groups is 2. The highest BCUT2D eigenvalue weighted by Gasteiger charge is 2.27. The van der Waals surface area contributed by atoms with Crippen molar-refractivity contribution in [3.8, 4) is 0 Å². The maximum atomic E-state index is 12.6. The zero-order valence-corrected chi connectivity index (χ0v) is 35.5. The molecule has 0 radical (unpaired) electrons. The van der Waals surface area contributed by atoms with Gasteiger partial charge in [-0.2, -0.15) is 0 Å². The summed E-state index contributed by atoms with van der Waals surface area (Å²) in [6.07, 6.45) is 42.4. The standard InChI is InChI=1S/C44H79O10P/c1-3-5-7-9-11-13-15-16-17-18-19-20-21-22-23-24-26-27-29-31-33-35-43(47)51-39-42(40-53-55(49,50)52-38-41(46)37-45)54-44(48)36-34-32-30-28-25-14-12-10-8-6-4-2/h17-18,20-21,23-24,27,29,41-42,45-46H,3-16,19,22,25-26,28,30-40H2,1-2H3,(H,49,50)/b18-17+,21-20+,24-23+,29-27+/t41-,42+/m1/s1. The molecule has 0 aliphatic rings. The smallest absolute Gasteiger partial charge is 0.462 e. The van der Waals surface area contributed by atoms with Crippen molar-refractivity contribution in [3.63, 3.8) is 0 Å². The van der Waals surface area contributed by atoms with E-state index in [2.05, 4.69) is 60.9 Å². The molecule has 1 unspecified atom stereocenters. The van der Waals surface area contributed by atoms with Crippen molar-refractivity contribution < 1.29 is 47.8 Å². The molecule has 0 spiro atoms. The highest BCUT2D eigenvalue weighted by molar-refractivity contribution is 7.47. The lowest BCUT2D eigenvalue weighted by Crippen LogP contribution is -2.29. The summed E-state index contributed by atoms with van der Waals surface area (Å²) in [7, 11) is -4.62. The van der Waals surface area contributed by atoms with Crippen LogP contribution in [0, 0.1) is 0 Å². The van der Waals surface area contributed by atoms with E-state index in [1.807, 2.05) is 6.08 Å². The Morgan fingerprint density at radius 2 is 0.964 bits per heavy atom. The van der Waals surface area contributed by atoms with Crippen molar-refractivity contribution in [1.82, 2.24) is 0 Å². The lowest BCUT2D eigenvalue weighted by Gasteiger charge is -2.20. The number of phosphoric ester groups is 1. The molecule has 0 saturated heterocycles. The van der Waals surface area contributed by atoms with Crippen LogP contribution >= 0.6 is 7.82 Å². The quantitative estimate of drug-likeness (QED) is 0.0237. The lowest BCUT2D eigenvalue weighted by molar-refractivity contribution is -0.161. The van der Waals surface area contributed by atoms with Crippen molar-refractivity contribution >= 4 is 19.8 Å². The first kappa shape index (κ1) is 52.9. The first-order chi connectivity index (χ1) is 26.7. The van der Waals surface area contributed by atoms with Crippen LogP contribution in [0.25, 0.3) is 0 Å². The van der Waals surface area contributed by atoms with Crippen LogP contribution in [0.15, 0.2) is 48.6 Å². The van der Waals surface area contributed by atoms with E-state index in [-0.39, 0.29) is 19.4 Å². The fraction of sp³-hybridized carbons (Fsp3) is 0.773. The molecule has 11 heteroatoms. The highest BCUT2D eigenvalue weighted by atomic mass is 31.2. The number of hydrogen-bond acceptors (Lipinski definition) is 9. The van der Waals surface area contributed by atoms with Gasteiger partial charge in [0.15, 0.2) is 6.10 Å². The zero-order chi connectivity index (χ0) is 40.5. The molecule has 0 aliphatic carbocycles. The molecule has 0 bridgehead atoms. The van der Waals surface area contributed by atoms with Crippen LogP contribution in [-0.4, -0.2) is 65.7 Å². The van der Waals surface area contributed by atoms with E-state index in [9.17, 15) is 24.2 Å². The number of carbonyl (C=O) groups excluding carboxylic acids is 2. The Morgan fingerprint density at radius 3 is 1.47 bits per heavy atom. The van der Waals surface area contributed by atoms with E-state index in [1.165, 1.54) is 96.3 Å². The molecule has 0 aliphatic heterocycles. The average Bonchev–Trinajstić information content (AvgIpc) is 3.17. The molecule has 3 N–H and O–H groups in total. The van der Waals surface area contributed by atoms with E-state index in [0.29, 0.717) is 19.3 Å². The van der Waals surface area contributed by atoms with Gasteiger partial charge in [-0.05, 0) is 51.4 Å². The second-order valence-electron chi connectivity index (χ2n) is 14.4. The normalized spacial score (nSPS) is 14.3. The molecule has 0 rings (SSSR count). The number of unbranched alkanes of at least 4 members (excludes halogenated alkanes) is 18. The summed E-state index contributed by atoms with van der Waals surface area (Å²) < 4.78 is 32.6. The third kappa shape index (κ3) is 39.9. The molecule has 3 atom stereocenters. The number of aliphatic hydroxyl groups excluding tert-OH is 2. The SMILES string of the molecule is CCCCCCCCC/C=C/C/C=C/C/C=C/C/C=C/CCCC(=O)OC[C@@H](COP(=O)(O)OC[C@H](O)CO)OC(=O)CCCCCCCCCCCCC. The Hall–Kier alpha value is -2.07. The molecule has 0 heterocycles. The van der Waals surface area contributed by atoms with Crippen molar-refractivity contribution in [2.24, 2.45) is 0 Å².